The minimum atomic E-state index is 0.810. The van der Waals surface area contributed by atoms with Gasteiger partial charge in [-0.3, -0.25) is 4.90 Å². The van der Waals surface area contributed by atoms with Crippen LogP contribution in [0.3, 0.4) is 0 Å². The van der Waals surface area contributed by atoms with Gasteiger partial charge in [-0.05, 0) is 62.3 Å². The third-order valence-electron chi connectivity index (χ3n) is 4.41. The molecule has 3 nitrogen and oxygen atoms in total. The molecule has 2 aliphatic rings. The molecule has 0 amide bonds. The SMILES string of the molecule is CNCc1ccc(OCCN(CC2CC2)CC2CC2)cc1. The molecule has 2 aliphatic carbocycles. The zero-order chi connectivity index (χ0) is 14.5. The van der Waals surface area contributed by atoms with Gasteiger partial charge in [0.2, 0.25) is 0 Å². The summed E-state index contributed by atoms with van der Waals surface area (Å²) in [6, 6.07) is 8.44. The van der Waals surface area contributed by atoms with Gasteiger partial charge in [-0.15, -0.1) is 0 Å². The van der Waals surface area contributed by atoms with Gasteiger partial charge < -0.3 is 10.1 Å². The molecule has 0 saturated heterocycles. The van der Waals surface area contributed by atoms with Crippen LogP contribution in [0.4, 0.5) is 0 Å². The molecule has 0 atom stereocenters. The summed E-state index contributed by atoms with van der Waals surface area (Å²) in [5.74, 6) is 2.95. The molecule has 0 aromatic heterocycles. The molecule has 0 heterocycles. The fourth-order valence-electron chi connectivity index (χ4n) is 2.79. The van der Waals surface area contributed by atoms with Crippen molar-refractivity contribution in [1.82, 2.24) is 10.2 Å². The highest BCUT2D eigenvalue weighted by molar-refractivity contribution is 5.27. The Labute approximate surface area is 128 Å². The van der Waals surface area contributed by atoms with Gasteiger partial charge >= 0.3 is 0 Å². The predicted molar refractivity (Wildman–Crippen MR) is 86.6 cm³/mol. The first kappa shape index (κ1) is 14.9. The van der Waals surface area contributed by atoms with E-state index >= 15 is 0 Å². The molecule has 0 aliphatic heterocycles. The Morgan fingerprint density at radius 3 is 2.19 bits per heavy atom. The highest BCUT2D eigenvalue weighted by Crippen LogP contribution is 2.33. The van der Waals surface area contributed by atoms with Gasteiger partial charge in [0.15, 0.2) is 0 Å². The van der Waals surface area contributed by atoms with Crippen LogP contribution in [0.1, 0.15) is 31.2 Å². The first-order valence-electron chi connectivity index (χ1n) is 8.42. The molecule has 0 bridgehead atoms. The number of hydrogen-bond acceptors (Lipinski definition) is 3. The second-order valence-corrected chi connectivity index (χ2v) is 6.67. The van der Waals surface area contributed by atoms with Crippen molar-refractivity contribution < 1.29 is 4.74 Å². The largest absolute Gasteiger partial charge is 0.492 e. The van der Waals surface area contributed by atoms with E-state index in [0.717, 1.165) is 37.3 Å². The normalized spacial score (nSPS) is 18.2. The van der Waals surface area contributed by atoms with Crippen molar-refractivity contribution in [3.63, 3.8) is 0 Å². The van der Waals surface area contributed by atoms with Gasteiger partial charge in [-0.1, -0.05) is 12.1 Å². The van der Waals surface area contributed by atoms with Gasteiger partial charge in [0, 0.05) is 26.2 Å². The van der Waals surface area contributed by atoms with Crippen LogP contribution in [0.5, 0.6) is 5.75 Å². The third-order valence-corrected chi connectivity index (χ3v) is 4.41. The van der Waals surface area contributed by atoms with Crippen LogP contribution in [0.2, 0.25) is 0 Å². The van der Waals surface area contributed by atoms with Crippen molar-refractivity contribution in [2.75, 3.05) is 33.3 Å². The second-order valence-electron chi connectivity index (χ2n) is 6.67. The van der Waals surface area contributed by atoms with Gasteiger partial charge in [-0.25, -0.2) is 0 Å². The highest BCUT2D eigenvalue weighted by Gasteiger charge is 2.28. The molecular formula is C18H28N2O. The van der Waals surface area contributed by atoms with Crippen LogP contribution >= 0.6 is 0 Å². The Bertz CT molecular complexity index is 409. The Morgan fingerprint density at radius 1 is 1.05 bits per heavy atom. The minimum Gasteiger partial charge on any atom is -0.492 e. The van der Waals surface area contributed by atoms with E-state index in [-0.39, 0.29) is 0 Å². The number of nitrogens with one attached hydrogen (secondary N) is 1. The van der Waals surface area contributed by atoms with Crippen molar-refractivity contribution in [2.24, 2.45) is 11.8 Å². The lowest BCUT2D eigenvalue weighted by molar-refractivity contribution is 0.197. The third kappa shape index (κ3) is 5.33. The molecule has 0 unspecified atom stereocenters. The number of ether oxygens (including phenoxy) is 1. The molecule has 0 spiro atoms. The smallest absolute Gasteiger partial charge is 0.119 e. The summed E-state index contributed by atoms with van der Waals surface area (Å²) in [7, 11) is 1.97. The van der Waals surface area contributed by atoms with Crippen LogP contribution < -0.4 is 10.1 Å². The average molecular weight is 288 g/mol. The maximum Gasteiger partial charge on any atom is 0.119 e. The Kier molecular flexibility index (Phi) is 5.15. The van der Waals surface area contributed by atoms with Crippen molar-refractivity contribution in [1.29, 1.82) is 0 Å². The summed E-state index contributed by atoms with van der Waals surface area (Å²) in [6.07, 6.45) is 5.76. The second kappa shape index (κ2) is 7.28. The summed E-state index contributed by atoms with van der Waals surface area (Å²) < 4.78 is 5.91. The van der Waals surface area contributed by atoms with Crippen molar-refractivity contribution >= 4 is 0 Å². The molecule has 2 fully saturated rings. The van der Waals surface area contributed by atoms with E-state index in [1.165, 1.54) is 44.3 Å². The van der Waals surface area contributed by atoms with E-state index in [1.807, 2.05) is 7.05 Å². The monoisotopic (exact) mass is 288 g/mol. The lowest BCUT2D eigenvalue weighted by Gasteiger charge is -2.22. The summed E-state index contributed by atoms with van der Waals surface area (Å²) in [4.78, 5) is 2.63. The van der Waals surface area contributed by atoms with Crippen LogP contribution in [0, 0.1) is 11.8 Å². The molecule has 3 heteroatoms. The fraction of sp³-hybridized carbons (Fsp3) is 0.667. The molecular weight excluding hydrogens is 260 g/mol. The zero-order valence-electron chi connectivity index (χ0n) is 13.2. The van der Waals surface area contributed by atoms with E-state index < -0.39 is 0 Å². The number of hydrogen-bond donors (Lipinski definition) is 1. The number of benzene rings is 1. The van der Waals surface area contributed by atoms with Crippen molar-refractivity contribution in [2.45, 2.75) is 32.2 Å². The number of nitrogens with zero attached hydrogens (tertiary/aromatic N) is 1. The first-order chi connectivity index (χ1) is 10.3. The minimum absolute atomic E-state index is 0.810. The Hall–Kier alpha value is -1.06. The standard InChI is InChI=1S/C18H28N2O/c1-19-12-15-6-8-18(9-7-15)21-11-10-20(13-16-2-3-16)14-17-4-5-17/h6-9,16-17,19H,2-5,10-14H2,1H3. The predicted octanol–water partition coefficient (Wildman–Crippen LogP) is 2.91. The van der Waals surface area contributed by atoms with Gasteiger partial charge in [0.1, 0.15) is 12.4 Å². The van der Waals surface area contributed by atoms with Crippen LogP contribution in [-0.2, 0) is 6.54 Å². The van der Waals surface area contributed by atoms with E-state index in [9.17, 15) is 0 Å². The molecule has 1 aromatic rings. The topological polar surface area (TPSA) is 24.5 Å². The van der Waals surface area contributed by atoms with Crippen LogP contribution in [-0.4, -0.2) is 38.2 Å². The maximum atomic E-state index is 5.91. The van der Waals surface area contributed by atoms with Gasteiger partial charge in [0.05, 0.1) is 0 Å². The summed E-state index contributed by atoms with van der Waals surface area (Å²) in [5, 5.41) is 3.16. The maximum absolute atomic E-state index is 5.91. The number of rotatable bonds is 10. The van der Waals surface area contributed by atoms with Gasteiger partial charge in [-0.2, -0.15) is 0 Å². The fourth-order valence-corrected chi connectivity index (χ4v) is 2.79. The van der Waals surface area contributed by atoms with Gasteiger partial charge in [0.25, 0.3) is 0 Å². The molecule has 0 radical (unpaired) electrons. The lowest BCUT2D eigenvalue weighted by atomic mass is 10.2. The Morgan fingerprint density at radius 2 is 1.67 bits per heavy atom. The quantitative estimate of drug-likeness (QED) is 0.716. The van der Waals surface area contributed by atoms with Crippen LogP contribution in [0.25, 0.3) is 0 Å². The van der Waals surface area contributed by atoms with Crippen LogP contribution in [0.15, 0.2) is 24.3 Å². The molecule has 1 N–H and O–H groups in total. The van der Waals surface area contributed by atoms with Crippen molar-refractivity contribution in [3.8, 4) is 5.75 Å². The molecule has 21 heavy (non-hydrogen) atoms. The van der Waals surface area contributed by atoms with E-state index in [2.05, 4.69) is 34.5 Å². The Balaban J connectivity index is 1.40. The van der Waals surface area contributed by atoms with Crippen molar-refractivity contribution in [3.05, 3.63) is 29.8 Å². The average Bonchev–Trinajstić information content (AvgIpc) is 3.37. The van der Waals surface area contributed by atoms with E-state index in [4.69, 9.17) is 4.74 Å². The summed E-state index contributed by atoms with van der Waals surface area (Å²) in [5.41, 5.74) is 1.30. The first-order valence-corrected chi connectivity index (χ1v) is 8.42. The molecule has 1 aromatic carbocycles. The molecule has 2 saturated carbocycles. The highest BCUT2D eigenvalue weighted by atomic mass is 16.5. The zero-order valence-corrected chi connectivity index (χ0v) is 13.2. The molecule has 116 valence electrons. The van der Waals surface area contributed by atoms with E-state index in [0.29, 0.717) is 0 Å². The molecule has 3 rings (SSSR count). The lowest BCUT2D eigenvalue weighted by Crippen LogP contribution is -2.32. The summed E-state index contributed by atoms with van der Waals surface area (Å²) >= 11 is 0. The summed E-state index contributed by atoms with van der Waals surface area (Å²) in [6.45, 7) is 5.38. The van der Waals surface area contributed by atoms with E-state index in [1.54, 1.807) is 0 Å².